The molecule has 2 aromatic rings. The molecule has 0 unspecified atom stereocenters. The second-order valence-corrected chi connectivity index (χ2v) is 9.58. The maximum absolute atomic E-state index is 12.2. The molecule has 0 spiro atoms. The van der Waals surface area contributed by atoms with Crippen molar-refractivity contribution in [3.63, 3.8) is 0 Å². The van der Waals surface area contributed by atoms with E-state index in [0.717, 1.165) is 0 Å². The highest BCUT2D eigenvalue weighted by atomic mass is 32.2. The number of sulfonamides is 2. The van der Waals surface area contributed by atoms with Crippen LogP contribution in [0.15, 0.2) is 51.8 Å². The SMILES string of the molecule is CNS(=O)(=O)c1ccc2c(c1)C(=C(C#N)C#N)c1cc(S(=O)(=O)NC)ccc1-2. The van der Waals surface area contributed by atoms with Crippen LogP contribution in [-0.4, -0.2) is 30.9 Å². The van der Waals surface area contributed by atoms with Gasteiger partial charge in [-0.2, -0.15) is 10.5 Å². The number of nitrogens with zero attached hydrogens (tertiary/aromatic N) is 2. The number of hydrogen-bond donors (Lipinski definition) is 2. The third kappa shape index (κ3) is 2.99. The molecule has 0 saturated carbocycles. The maximum Gasteiger partial charge on any atom is 0.240 e. The van der Waals surface area contributed by atoms with Gasteiger partial charge in [-0.15, -0.1) is 0 Å². The molecule has 0 aromatic heterocycles. The van der Waals surface area contributed by atoms with Crippen LogP contribution in [0, 0.1) is 22.7 Å². The van der Waals surface area contributed by atoms with E-state index in [-0.39, 0.29) is 20.9 Å². The quantitative estimate of drug-likeness (QED) is 0.617. The Labute approximate surface area is 162 Å². The van der Waals surface area contributed by atoms with Crippen LogP contribution in [0.5, 0.6) is 0 Å². The zero-order valence-corrected chi connectivity index (χ0v) is 16.4. The van der Waals surface area contributed by atoms with Gasteiger partial charge in [0.05, 0.1) is 9.79 Å². The summed E-state index contributed by atoms with van der Waals surface area (Å²) in [6.07, 6.45) is 0. The molecule has 0 aliphatic heterocycles. The van der Waals surface area contributed by atoms with Crippen molar-refractivity contribution in [1.82, 2.24) is 9.44 Å². The lowest BCUT2D eigenvalue weighted by Crippen LogP contribution is -2.18. The summed E-state index contributed by atoms with van der Waals surface area (Å²) in [7, 11) is -4.95. The number of nitrogens with one attached hydrogen (secondary N) is 2. The predicted molar refractivity (Wildman–Crippen MR) is 102 cm³/mol. The normalized spacial score (nSPS) is 12.6. The topological polar surface area (TPSA) is 140 Å². The Hall–Kier alpha value is -3.02. The van der Waals surface area contributed by atoms with Gasteiger partial charge in [0, 0.05) is 5.57 Å². The van der Waals surface area contributed by atoms with Crippen molar-refractivity contribution >= 4 is 25.6 Å². The van der Waals surface area contributed by atoms with Gasteiger partial charge in [0.2, 0.25) is 20.0 Å². The lowest BCUT2D eigenvalue weighted by Gasteiger charge is -2.07. The van der Waals surface area contributed by atoms with Crippen LogP contribution < -0.4 is 9.44 Å². The van der Waals surface area contributed by atoms with Crippen LogP contribution in [0.2, 0.25) is 0 Å². The summed E-state index contributed by atoms with van der Waals surface area (Å²) in [5.41, 5.74) is 1.94. The molecule has 2 N–H and O–H groups in total. The molecule has 10 heteroatoms. The molecule has 0 fully saturated rings. The Morgan fingerprint density at radius 3 is 1.46 bits per heavy atom. The zero-order chi connectivity index (χ0) is 20.7. The summed E-state index contributed by atoms with van der Waals surface area (Å²) in [6.45, 7) is 0. The molecule has 8 nitrogen and oxygen atoms in total. The first-order valence-corrected chi connectivity index (χ1v) is 10.9. The Balaban J connectivity index is 2.40. The number of fused-ring (bicyclic) bond motifs is 3. The highest BCUT2D eigenvalue weighted by molar-refractivity contribution is 7.89. The van der Waals surface area contributed by atoms with Gasteiger partial charge in [-0.25, -0.2) is 26.3 Å². The summed E-state index contributed by atoms with van der Waals surface area (Å²) in [5, 5.41) is 18.8. The minimum atomic E-state index is -3.75. The van der Waals surface area contributed by atoms with Crippen molar-refractivity contribution in [3.8, 4) is 23.3 Å². The fraction of sp³-hybridized carbons (Fsp3) is 0.111. The van der Waals surface area contributed by atoms with Gasteiger partial charge in [-0.1, -0.05) is 12.1 Å². The maximum atomic E-state index is 12.2. The Morgan fingerprint density at radius 1 is 0.750 bits per heavy atom. The molecule has 1 aliphatic rings. The first kappa shape index (κ1) is 19.7. The highest BCUT2D eigenvalue weighted by Gasteiger charge is 2.30. The fourth-order valence-electron chi connectivity index (χ4n) is 3.05. The molecule has 0 atom stereocenters. The van der Waals surface area contributed by atoms with E-state index in [9.17, 15) is 27.4 Å². The van der Waals surface area contributed by atoms with Gasteiger partial charge in [0.25, 0.3) is 0 Å². The van der Waals surface area contributed by atoms with Gasteiger partial charge in [-0.3, -0.25) is 0 Å². The lowest BCUT2D eigenvalue weighted by atomic mass is 9.99. The summed E-state index contributed by atoms with van der Waals surface area (Å²) < 4.78 is 53.1. The van der Waals surface area contributed by atoms with E-state index in [0.29, 0.717) is 22.3 Å². The monoisotopic (exact) mass is 414 g/mol. The smallest absolute Gasteiger partial charge is 0.214 e. The van der Waals surface area contributed by atoms with Crippen LogP contribution in [0.4, 0.5) is 0 Å². The molecule has 142 valence electrons. The van der Waals surface area contributed by atoms with Crippen LogP contribution in [-0.2, 0) is 20.0 Å². The van der Waals surface area contributed by atoms with E-state index < -0.39 is 20.0 Å². The van der Waals surface area contributed by atoms with Crippen molar-refractivity contribution < 1.29 is 16.8 Å². The average Bonchev–Trinajstić information content (AvgIpc) is 3.02. The largest absolute Gasteiger partial charge is 0.240 e. The summed E-state index contributed by atoms with van der Waals surface area (Å²) >= 11 is 0. The molecular formula is C18H14N4O4S2. The third-order valence-corrected chi connectivity index (χ3v) is 7.27. The molecule has 0 heterocycles. The molecule has 3 rings (SSSR count). The highest BCUT2D eigenvalue weighted by Crippen LogP contribution is 2.47. The van der Waals surface area contributed by atoms with Crippen LogP contribution in [0.25, 0.3) is 16.7 Å². The van der Waals surface area contributed by atoms with E-state index >= 15 is 0 Å². The third-order valence-electron chi connectivity index (χ3n) is 4.44. The van der Waals surface area contributed by atoms with E-state index in [2.05, 4.69) is 9.44 Å². The van der Waals surface area contributed by atoms with Crippen molar-refractivity contribution in [2.45, 2.75) is 9.79 Å². The van der Waals surface area contributed by atoms with Gasteiger partial charge in [-0.05, 0) is 60.6 Å². The first-order chi connectivity index (χ1) is 13.2. The molecule has 28 heavy (non-hydrogen) atoms. The fourth-order valence-corrected chi connectivity index (χ4v) is 4.56. The molecule has 0 radical (unpaired) electrons. The second-order valence-electron chi connectivity index (χ2n) is 5.80. The van der Waals surface area contributed by atoms with Crippen LogP contribution >= 0.6 is 0 Å². The molecule has 0 amide bonds. The molecule has 2 aromatic carbocycles. The Bertz CT molecular complexity index is 1230. The number of hydrogen-bond acceptors (Lipinski definition) is 6. The average molecular weight is 414 g/mol. The Morgan fingerprint density at radius 2 is 1.14 bits per heavy atom. The molecule has 0 saturated heterocycles. The van der Waals surface area contributed by atoms with Gasteiger partial charge in [0.1, 0.15) is 17.7 Å². The standard InChI is InChI=1S/C18H14N4O4S2/c1-21-27(23,24)12-3-5-14-15-6-4-13(28(25,26)22-2)8-17(15)18(16(14)7-12)11(9-19)10-20/h3-8,21-22H,1-2H3. The van der Waals surface area contributed by atoms with Crippen molar-refractivity contribution in [1.29, 1.82) is 10.5 Å². The van der Waals surface area contributed by atoms with Crippen molar-refractivity contribution in [3.05, 3.63) is 53.1 Å². The summed E-state index contributed by atoms with van der Waals surface area (Å²) in [6, 6.07) is 12.3. The summed E-state index contributed by atoms with van der Waals surface area (Å²) in [5.74, 6) is 0. The van der Waals surface area contributed by atoms with Gasteiger partial charge in [0.15, 0.2) is 0 Å². The number of allylic oxidation sites excluding steroid dienone is 1. The van der Waals surface area contributed by atoms with Crippen molar-refractivity contribution in [2.75, 3.05) is 14.1 Å². The molecule has 1 aliphatic carbocycles. The summed E-state index contributed by atoms with van der Waals surface area (Å²) in [4.78, 5) is -0.0605. The first-order valence-electron chi connectivity index (χ1n) is 7.91. The minimum Gasteiger partial charge on any atom is -0.214 e. The second kappa shape index (κ2) is 6.86. The Kier molecular flexibility index (Phi) is 4.83. The van der Waals surface area contributed by atoms with Crippen molar-refractivity contribution in [2.24, 2.45) is 0 Å². The zero-order valence-electron chi connectivity index (χ0n) is 14.8. The van der Waals surface area contributed by atoms with Crippen LogP contribution in [0.3, 0.4) is 0 Å². The molecule has 0 bridgehead atoms. The molecular weight excluding hydrogens is 400 g/mol. The van der Waals surface area contributed by atoms with Gasteiger partial charge < -0.3 is 0 Å². The van der Waals surface area contributed by atoms with Gasteiger partial charge >= 0.3 is 0 Å². The predicted octanol–water partition coefficient (Wildman–Crippen LogP) is 1.33. The lowest BCUT2D eigenvalue weighted by molar-refractivity contribution is 0.586. The van der Waals surface area contributed by atoms with E-state index in [1.165, 1.54) is 38.4 Å². The number of rotatable bonds is 4. The van der Waals surface area contributed by atoms with Crippen LogP contribution in [0.1, 0.15) is 11.1 Å². The van der Waals surface area contributed by atoms with E-state index in [1.54, 1.807) is 12.1 Å². The van der Waals surface area contributed by atoms with E-state index in [4.69, 9.17) is 0 Å². The number of benzene rings is 2. The number of nitriles is 2. The minimum absolute atomic E-state index is 0.0302. The van der Waals surface area contributed by atoms with E-state index in [1.807, 2.05) is 12.1 Å².